The molecule has 1 aromatic heterocycles. The third-order valence-corrected chi connectivity index (χ3v) is 6.52. The molecule has 1 amide bonds. The maximum absolute atomic E-state index is 12.4. The van der Waals surface area contributed by atoms with Gasteiger partial charge in [-0.05, 0) is 24.3 Å². The van der Waals surface area contributed by atoms with Gasteiger partial charge in [-0.3, -0.25) is 14.6 Å². The molecule has 2 aromatic rings. The van der Waals surface area contributed by atoms with E-state index >= 15 is 0 Å². The number of anilines is 1. The lowest BCUT2D eigenvalue weighted by Crippen LogP contribution is -2.30. The van der Waals surface area contributed by atoms with Gasteiger partial charge in [-0.2, -0.15) is 9.40 Å². The summed E-state index contributed by atoms with van der Waals surface area (Å²) in [4.78, 5) is 36.5. The topological polar surface area (TPSA) is 145 Å². The van der Waals surface area contributed by atoms with Crippen LogP contribution in [0.25, 0.3) is 0 Å². The minimum Gasteiger partial charge on any atom is -0.325 e. The van der Waals surface area contributed by atoms with Crippen molar-refractivity contribution in [2.45, 2.75) is 23.8 Å². The number of aromatic nitrogens is 3. The fourth-order valence-corrected chi connectivity index (χ4v) is 4.28. The van der Waals surface area contributed by atoms with Crippen LogP contribution in [0, 0.1) is 0 Å². The molecule has 0 radical (unpaired) electrons. The molecule has 27 heavy (non-hydrogen) atoms. The van der Waals surface area contributed by atoms with E-state index in [1.165, 1.54) is 28.6 Å². The highest BCUT2D eigenvalue weighted by atomic mass is 32.2. The monoisotopic (exact) mass is 413 g/mol. The van der Waals surface area contributed by atoms with Crippen molar-refractivity contribution in [3.63, 3.8) is 0 Å². The van der Waals surface area contributed by atoms with Crippen molar-refractivity contribution in [3.8, 4) is 0 Å². The Morgan fingerprint density at radius 2 is 1.81 bits per heavy atom. The highest BCUT2D eigenvalue weighted by molar-refractivity contribution is 7.99. The first-order valence-electron chi connectivity index (χ1n) is 7.99. The number of benzene rings is 1. The standard InChI is InChI=1S/C15H19N5O5S2/c1-3-20(4-2)27(24,25)11-7-5-10(6-8-11)16-12(21)9-26-14-13(22)17-15(23)19-18-14/h5-8H,3-4,9H2,1-2H3,(H,16,21)(H2,17,19,22,23). The molecule has 2 rings (SSSR count). The Bertz CT molecular complexity index is 1010. The fraction of sp³-hybridized carbons (Fsp3) is 0.333. The van der Waals surface area contributed by atoms with Crippen LogP contribution in [0.2, 0.25) is 0 Å². The lowest BCUT2D eigenvalue weighted by molar-refractivity contribution is -0.113. The zero-order chi connectivity index (χ0) is 20.0. The number of hydrogen-bond acceptors (Lipinski definition) is 7. The fourth-order valence-electron chi connectivity index (χ4n) is 2.19. The SMILES string of the molecule is CCN(CC)S(=O)(=O)c1ccc(NC(=O)CSc2n[nH]c(=O)[nH]c2=O)cc1. The predicted octanol–water partition coefficient (Wildman–Crippen LogP) is 0.220. The smallest absolute Gasteiger partial charge is 0.325 e. The van der Waals surface area contributed by atoms with Gasteiger partial charge in [0.1, 0.15) is 0 Å². The van der Waals surface area contributed by atoms with Gasteiger partial charge in [-0.1, -0.05) is 25.6 Å². The van der Waals surface area contributed by atoms with E-state index < -0.39 is 27.2 Å². The summed E-state index contributed by atoms with van der Waals surface area (Å²) in [5.74, 6) is -0.520. The number of carbonyl (C=O) groups excluding carboxylic acids is 1. The zero-order valence-corrected chi connectivity index (χ0v) is 16.3. The molecule has 146 valence electrons. The number of hydrogen-bond donors (Lipinski definition) is 3. The quantitative estimate of drug-likeness (QED) is 0.525. The molecule has 0 unspecified atom stereocenters. The molecule has 1 aromatic carbocycles. The molecule has 3 N–H and O–H groups in total. The first-order valence-corrected chi connectivity index (χ1v) is 10.4. The van der Waals surface area contributed by atoms with E-state index in [1.54, 1.807) is 13.8 Å². The van der Waals surface area contributed by atoms with E-state index in [9.17, 15) is 22.8 Å². The van der Waals surface area contributed by atoms with E-state index in [0.29, 0.717) is 18.8 Å². The summed E-state index contributed by atoms with van der Waals surface area (Å²) in [6, 6.07) is 5.82. The van der Waals surface area contributed by atoms with Crippen molar-refractivity contribution < 1.29 is 13.2 Å². The highest BCUT2D eigenvalue weighted by Crippen LogP contribution is 2.18. The highest BCUT2D eigenvalue weighted by Gasteiger charge is 2.21. The van der Waals surface area contributed by atoms with Gasteiger partial charge in [-0.25, -0.2) is 18.3 Å². The molecular formula is C15H19N5O5S2. The average Bonchev–Trinajstić information content (AvgIpc) is 2.62. The number of rotatable bonds is 8. The Kier molecular flexibility index (Phi) is 6.93. The molecule has 0 fully saturated rings. The second-order valence-electron chi connectivity index (χ2n) is 5.26. The summed E-state index contributed by atoms with van der Waals surface area (Å²) in [7, 11) is -3.56. The minimum absolute atomic E-state index is 0.0367. The Balaban J connectivity index is 2.00. The Morgan fingerprint density at radius 1 is 1.19 bits per heavy atom. The van der Waals surface area contributed by atoms with Gasteiger partial charge >= 0.3 is 5.69 Å². The molecule has 12 heteroatoms. The molecule has 10 nitrogen and oxygen atoms in total. The first-order chi connectivity index (χ1) is 12.8. The lowest BCUT2D eigenvalue weighted by Gasteiger charge is -2.18. The number of carbonyl (C=O) groups is 1. The summed E-state index contributed by atoms with van der Waals surface area (Å²) in [6.07, 6.45) is 0. The summed E-state index contributed by atoms with van der Waals surface area (Å²) in [5, 5.41) is 8.20. The van der Waals surface area contributed by atoms with Crippen LogP contribution in [0.1, 0.15) is 13.8 Å². The zero-order valence-electron chi connectivity index (χ0n) is 14.7. The van der Waals surface area contributed by atoms with Gasteiger partial charge in [0.15, 0.2) is 5.03 Å². The van der Waals surface area contributed by atoms with Gasteiger partial charge in [0.2, 0.25) is 15.9 Å². The van der Waals surface area contributed by atoms with E-state index in [1.807, 2.05) is 4.98 Å². The van der Waals surface area contributed by atoms with Crippen molar-refractivity contribution in [2.75, 3.05) is 24.2 Å². The largest absolute Gasteiger partial charge is 0.342 e. The van der Waals surface area contributed by atoms with Crippen LogP contribution in [-0.2, 0) is 14.8 Å². The predicted molar refractivity (Wildman–Crippen MR) is 101 cm³/mol. The number of aromatic amines is 2. The van der Waals surface area contributed by atoms with Crippen LogP contribution >= 0.6 is 11.8 Å². The van der Waals surface area contributed by atoms with E-state index in [4.69, 9.17) is 0 Å². The average molecular weight is 413 g/mol. The molecule has 0 aliphatic carbocycles. The Morgan fingerprint density at radius 3 is 2.37 bits per heavy atom. The number of nitrogens with zero attached hydrogens (tertiary/aromatic N) is 2. The number of sulfonamides is 1. The van der Waals surface area contributed by atoms with Crippen molar-refractivity contribution >= 4 is 33.4 Å². The summed E-state index contributed by atoms with van der Waals surface area (Å²) >= 11 is 0.861. The molecule has 0 aliphatic heterocycles. The summed E-state index contributed by atoms with van der Waals surface area (Å²) in [5.41, 5.74) is -0.987. The maximum atomic E-state index is 12.4. The number of H-pyrrole nitrogens is 2. The lowest BCUT2D eigenvalue weighted by atomic mass is 10.3. The van der Waals surface area contributed by atoms with Gasteiger partial charge in [0.25, 0.3) is 5.56 Å². The number of nitrogens with one attached hydrogen (secondary N) is 3. The van der Waals surface area contributed by atoms with Gasteiger partial charge in [-0.15, -0.1) is 0 Å². The molecular weight excluding hydrogens is 394 g/mol. The van der Waals surface area contributed by atoms with Crippen LogP contribution in [0.15, 0.2) is 43.8 Å². The second-order valence-corrected chi connectivity index (χ2v) is 8.16. The van der Waals surface area contributed by atoms with Crippen LogP contribution in [0.4, 0.5) is 5.69 Å². The van der Waals surface area contributed by atoms with Crippen LogP contribution in [-0.4, -0.2) is 52.7 Å². The summed E-state index contributed by atoms with van der Waals surface area (Å²) < 4.78 is 26.2. The molecule has 0 aliphatic rings. The summed E-state index contributed by atoms with van der Waals surface area (Å²) in [6.45, 7) is 4.25. The molecule has 1 heterocycles. The molecule has 0 spiro atoms. The normalized spacial score (nSPS) is 11.5. The molecule has 0 saturated heterocycles. The molecule has 0 bridgehead atoms. The third kappa shape index (κ3) is 5.28. The molecule has 0 atom stereocenters. The van der Waals surface area contributed by atoms with Crippen molar-refractivity contribution in [1.82, 2.24) is 19.5 Å². The van der Waals surface area contributed by atoms with Gasteiger partial charge in [0.05, 0.1) is 10.6 Å². The second kappa shape index (κ2) is 8.97. The van der Waals surface area contributed by atoms with Gasteiger partial charge in [0, 0.05) is 18.8 Å². The van der Waals surface area contributed by atoms with Crippen LogP contribution < -0.4 is 16.6 Å². The van der Waals surface area contributed by atoms with E-state index in [-0.39, 0.29) is 15.7 Å². The van der Waals surface area contributed by atoms with E-state index in [2.05, 4.69) is 15.5 Å². The Labute approximate surface area is 159 Å². The number of thioether (sulfide) groups is 1. The van der Waals surface area contributed by atoms with Crippen LogP contribution in [0.3, 0.4) is 0 Å². The maximum Gasteiger partial charge on any atom is 0.342 e. The van der Waals surface area contributed by atoms with Crippen molar-refractivity contribution in [1.29, 1.82) is 0 Å². The van der Waals surface area contributed by atoms with Gasteiger partial charge < -0.3 is 5.32 Å². The third-order valence-electron chi connectivity index (χ3n) is 3.50. The van der Waals surface area contributed by atoms with Crippen LogP contribution in [0.5, 0.6) is 0 Å². The Hall–Kier alpha value is -2.44. The number of amides is 1. The van der Waals surface area contributed by atoms with E-state index in [0.717, 1.165) is 11.8 Å². The first kappa shape index (κ1) is 20.9. The molecule has 0 saturated carbocycles. The van der Waals surface area contributed by atoms with Crippen molar-refractivity contribution in [2.24, 2.45) is 0 Å². The minimum atomic E-state index is -3.56. The van der Waals surface area contributed by atoms with Crippen molar-refractivity contribution in [3.05, 3.63) is 45.1 Å².